The Hall–Kier alpha value is -1.89. The average Bonchev–Trinajstić information content (AvgIpc) is 2.84. The molecule has 1 aromatic rings. The van der Waals surface area contributed by atoms with E-state index in [1.807, 2.05) is 19.9 Å². The molecule has 0 aliphatic rings. The highest BCUT2D eigenvalue weighted by Gasteiger charge is 2.35. The molecule has 140 valence electrons. The second-order valence-corrected chi connectivity index (χ2v) is 7.01. The SMILES string of the molecule is CCC(C)/C=C(\C=C/C(C)=O)c1cc(C(F)(F)F)nn1CC(C)(C)N. The summed E-state index contributed by atoms with van der Waals surface area (Å²) in [5.41, 5.74) is 5.08. The largest absolute Gasteiger partial charge is 0.435 e. The molecule has 25 heavy (non-hydrogen) atoms. The zero-order valence-electron chi connectivity index (χ0n) is 15.3. The first-order chi connectivity index (χ1) is 11.3. The molecule has 1 heterocycles. The Morgan fingerprint density at radius 3 is 2.40 bits per heavy atom. The number of alkyl halides is 3. The Morgan fingerprint density at radius 2 is 1.96 bits per heavy atom. The number of ketones is 1. The summed E-state index contributed by atoms with van der Waals surface area (Å²) >= 11 is 0. The molecular formula is C18H26F3N3O. The van der Waals surface area contributed by atoms with Gasteiger partial charge >= 0.3 is 6.18 Å². The molecule has 7 heteroatoms. The predicted molar refractivity (Wildman–Crippen MR) is 92.7 cm³/mol. The number of carbonyl (C=O) groups excluding carboxylic acids is 1. The summed E-state index contributed by atoms with van der Waals surface area (Å²) in [6.45, 7) is 8.88. The Kier molecular flexibility index (Phi) is 6.76. The number of hydrogen-bond donors (Lipinski definition) is 1. The number of allylic oxidation sites excluding steroid dienone is 4. The maximum Gasteiger partial charge on any atom is 0.435 e. The zero-order valence-corrected chi connectivity index (χ0v) is 15.3. The third-order valence-electron chi connectivity index (χ3n) is 3.53. The lowest BCUT2D eigenvalue weighted by atomic mass is 10.0. The van der Waals surface area contributed by atoms with Crippen molar-refractivity contribution in [3.8, 4) is 0 Å². The molecule has 0 amide bonds. The van der Waals surface area contributed by atoms with Crippen LogP contribution < -0.4 is 5.73 Å². The summed E-state index contributed by atoms with van der Waals surface area (Å²) in [5.74, 6) is -0.0495. The molecule has 2 N–H and O–H groups in total. The number of nitrogens with two attached hydrogens (primary N) is 1. The summed E-state index contributed by atoms with van der Waals surface area (Å²) in [4.78, 5) is 11.3. The fourth-order valence-corrected chi connectivity index (χ4v) is 2.15. The highest BCUT2D eigenvalue weighted by Crippen LogP contribution is 2.31. The number of carbonyl (C=O) groups is 1. The number of nitrogens with zero attached hydrogens (tertiary/aromatic N) is 2. The lowest BCUT2D eigenvalue weighted by molar-refractivity contribution is -0.141. The Labute approximate surface area is 146 Å². The molecule has 0 spiro atoms. The van der Waals surface area contributed by atoms with Gasteiger partial charge < -0.3 is 5.73 Å². The second-order valence-electron chi connectivity index (χ2n) is 7.01. The lowest BCUT2D eigenvalue weighted by Gasteiger charge is -2.20. The molecule has 0 radical (unpaired) electrons. The van der Waals surface area contributed by atoms with E-state index in [-0.39, 0.29) is 18.2 Å². The molecule has 0 bridgehead atoms. The van der Waals surface area contributed by atoms with Crippen molar-refractivity contribution < 1.29 is 18.0 Å². The van der Waals surface area contributed by atoms with Gasteiger partial charge in [-0.05, 0) is 50.5 Å². The standard InChI is InChI=1S/C18H26F3N3O/c1-6-12(2)9-14(8-7-13(3)25)15-10-16(18(19,20)21)23-24(15)11-17(4,5)22/h7-10,12H,6,11,22H2,1-5H3/b8-7-,14-9+. The van der Waals surface area contributed by atoms with E-state index in [1.165, 1.54) is 23.8 Å². The van der Waals surface area contributed by atoms with Crippen LogP contribution in [0.2, 0.25) is 0 Å². The van der Waals surface area contributed by atoms with E-state index >= 15 is 0 Å². The third-order valence-corrected chi connectivity index (χ3v) is 3.53. The van der Waals surface area contributed by atoms with E-state index in [4.69, 9.17) is 5.73 Å². The molecule has 1 aromatic heterocycles. The molecule has 0 saturated carbocycles. The summed E-state index contributed by atoms with van der Waals surface area (Å²) in [6, 6.07) is 1.00. The second kappa shape index (κ2) is 7.99. The van der Waals surface area contributed by atoms with Crippen molar-refractivity contribution in [3.63, 3.8) is 0 Å². The van der Waals surface area contributed by atoms with Gasteiger partial charge in [0.05, 0.1) is 12.2 Å². The summed E-state index contributed by atoms with van der Waals surface area (Å²) in [5, 5.41) is 3.70. The highest BCUT2D eigenvalue weighted by molar-refractivity contribution is 5.90. The monoisotopic (exact) mass is 357 g/mol. The van der Waals surface area contributed by atoms with E-state index in [1.54, 1.807) is 13.8 Å². The minimum Gasteiger partial charge on any atom is -0.324 e. The van der Waals surface area contributed by atoms with E-state index in [2.05, 4.69) is 5.10 Å². The summed E-state index contributed by atoms with van der Waals surface area (Å²) in [7, 11) is 0. The molecule has 0 saturated heterocycles. The van der Waals surface area contributed by atoms with Crippen LogP contribution in [0, 0.1) is 5.92 Å². The Morgan fingerprint density at radius 1 is 1.36 bits per heavy atom. The first kappa shape index (κ1) is 21.2. The highest BCUT2D eigenvalue weighted by atomic mass is 19.4. The quantitative estimate of drug-likeness (QED) is 0.587. The molecule has 0 aromatic carbocycles. The van der Waals surface area contributed by atoms with Gasteiger partial charge in [-0.25, -0.2) is 0 Å². The first-order valence-corrected chi connectivity index (χ1v) is 8.18. The van der Waals surface area contributed by atoms with Crippen LogP contribution in [-0.4, -0.2) is 21.1 Å². The number of hydrogen-bond acceptors (Lipinski definition) is 3. The van der Waals surface area contributed by atoms with Gasteiger partial charge in [0.25, 0.3) is 0 Å². The Bertz CT molecular complexity index is 664. The smallest absolute Gasteiger partial charge is 0.324 e. The predicted octanol–water partition coefficient (Wildman–Crippen LogP) is 4.21. The van der Waals surface area contributed by atoms with E-state index in [9.17, 15) is 18.0 Å². The number of rotatable bonds is 7. The molecule has 0 fully saturated rings. The maximum atomic E-state index is 13.1. The van der Waals surface area contributed by atoms with Crippen LogP contribution in [0.15, 0.2) is 24.3 Å². The van der Waals surface area contributed by atoms with Crippen molar-refractivity contribution in [2.75, 3.05) is 0 Å². The summed E-state index contributed by atoms with van der Waals surface area (Å²) in [6.07, 6.45) is 0.985. The Balaban J connectivity index is 3.52. The third kappa shape index (κ3) is 6.86. The van der Waals surface area contributed by atoms with Gasteiger partial charge in [0.1, 0.15) is 0 Å². The van der Waals surface area contributed by atoms with Crippen molar-refractivity contribution in [2.24, 2.45) is 11.7 Å². The van der Waals surface area contributed by atoms with Gasteiger partial charge in [-0.15, -0.1) is 0 Å². The van der Waals surface area contributed by atoms with Gasteiger partial charge in [0.2, 0.25) is 0 Å². The van der Waals surface area contributed by atoms with Gasteiger partial charge in [-0.3, -0.25) is 9.48 Å². The van der Waals surface area contributed by atoms with Crippen molar-refractivity contribution in [3.05, 3.63) is 35.7 Å². The van der Waals surface area contributed by atoms with Crippen LogP contribution in [0.3, 0.4) is 0 Å². The fourth-order valence-electron chi connectivity index (χ4n) is 2.15. The van der Waals surface area contributed by atoms with Crippen molar-refractivity contribution in [1.29, 1.82) is 0 Å². The minimum atomic E-state index is -4.55. The lowest BCUT2D eigenvalue weighted by Crippen LogP contribution is -2.38. The maximum absolute atomic E-state index is 13.1. The van der Waals surface area contributed by atoms with Crippen LogP contribution >= 0.6 is 0 Å². The minimum absolute atomic E-state index is 0.115. The molecule has 1 rings (SSSR count). The van der Waals surface area contributed by atoms with Crippen LogP contribution in [0.4, 0.5) is 13.2 Å². The van der Waals surface area contributed by atoms with E-state index in [0.717, 1.165) is 12.5 Å². The molecule has 1 atom stereocenters. The first-order valence-electron chi connectivity index (χ1n) is 8.18. The van der Waals surface area contributed by atoms with Crippen LogP contribution in [0.25, 0.3) is 5.57 Å². The van der Waals surface area contributed by atoms with Crippen LogP contribution in [0.5, 0.6) is 0 Å². The topological polar surface area (TPSA) is 60.9 Å². The van der Waals surface area contributed by atoms with E-state index in [0.29, 0.717) is 11.3 Å². The number of halogens is 3. The van der Waals surface area contributed by atoms with Gasteiger partial charge in [0, 0.05) is 5.54 Å². The van der Waals surface area contributed by atoms with Gasteiger partial charge in [0.15, 0.2) is 11.5 Å². The molecule has 0 aliphatic heterocycles. The average molecular weight is 357 g/mol. The zero-order chi connectivity index (χ0) is 19.4. The summed E-state index contributed by atoms with van der Waals surface area (Å²) < 4.78 is 40.6. The molecule has 4 nitrogen and oxygen atoms in total. The normalized spacial score (nSPS) is 15.0. The van der Waals surface area contributed by atoms with E-state index < -0.39 is 17.4 Å². The number of aromatic nitrogens is 2. The van der Waals surface area contributed by atoms with Crippen molar-refractivity contribution in [1.82, 2.24) is 9.78 Å². The molecule has 1 unspecified atom stereocenters. The van der Waals surface area contributed by atoms with Gasteiger partial charge in [-0.2, -0.15) is 18.3 Å². The van der Waals surface area contributed by atoms with Crippen molar-refractivity contribution >= 4 is 11.4 Å². The van der Waals surface area contributed by atoms with Crippen LogP contribution in [0.1, 0.15) is 52.4 Å². The van der Waals surface area contributed by atoms with Crippen LogP contribution in [-0.2, 0) is 17.5 Å². The molecular weight excluding hydrogens is 331 g/mol. The van der Waals surface area contributed by atoms with Gasteiger partial charge in [-0.1, -0.05) is 26.3 Å². The van der Waals surface area contributed by atoms with Crippen molar-refractivity contribution in [2.45, 2.75) is 59.3 Å². The fraction of sp³-hybridized carbons (Fsp3) is 0.556. The molecule has 0 aliphatic carbocycles.